The minimum Gasteiger partial charge on any atom is -0.354 e. The molecule has 0 fully saturated rings. The summed E-state index contributed by atoms with van der Waals surface area (Å²) in [6, 6.07) is 11.5. The van der Waals surface area contributed by atoms with Crippen LogP contribution >= 0.6 is 46.6 Å². The van der Waals surface area contributed by atoms with E-state index < -0.39 is 11.9 Å². The number of hydrogen-bond acceptors (Lipinski definition) is 3. The summed E-state index contributed by atoms with van der Waals surface area (Å²) in [6.07, 6.45) is 3.15. The van der Waals surface area contributed by atoms with Gasteiger partial charge in [0.25, 0.3) is 5.91 Å². The molecule has 2 aromatic carbocycles. The zero-order valence-corrected chi connectivity index (χ0v) is 18.4. The van der Waals surface area contributed by atoms with Crippen molar-refractivity contribution in [1.29, 1.82) is 0 Å². The molecule has 4 nitrogen and oxygen atoms in total. The van der Waals surface area contributed by atoms with Crippen LogP contribution in [0.3, 0.4) is 0 Å². The number of thioether (sulfide) groups is 1. The minimum absolute atomic E-state index is 0.221. The molecule has 0 aliphatic rings. The Balaban J connectivity index is 1.95. The van der Waals surface area contributed by atoms with Crippen LogP contribution in [-0.4, -0.2) is 36.4 Å². The monoisotopic (exact) mass is 458 g/mol. The first-order valence-corrected chi connectivity index (χ1v) is 11.2. The smallest absolute Gasteiger partial charge is 0.253 e. The van der Waals surface area contributed by atoms with Crippen LogP contribution in [0.5, 0.6) is 0 Å². The fraction of sp³-hybridized carbons (Fsp3) is 0.300. The first-order valence-electron chi connectivity index (χ1n) is 8.67. The van der Waals surface area contributed by atoms with E-state index >= 15 is 0 Å². The van der Waals surface area contributed by atoms with Gasteiger partial charge in [0.15, 0.2) is 0 Å². The van der Waals surface area contributed by atoms with Gasteiger partial charge in [-0.1, -0.05) is 46.9 Å². The zero-order valence-electron chi connectivity index (χ0n) is 15.3. The SMILES string of the molecule is CSCCC(NC(=O)c1ccc(Cl)cc1Cl)C(=O)NCCc1ccc(Cl)cc1. The average molecular weight is 460 g/mol. The molecule has 2 amide bonds. The molecule has 0 saturated heterocycles. The second kappa shape index (κ2) is 11.6. The Morgan fingerprint density at radius 1 is 1.04 bits per heavy atom. The number of halogens is 3. The highest BCUT2D eigenvalue weighted by Crippen LogP contribution is 2.21. The van der Waals surface area contributed by atoms with Crippen molar-refractivity contribution in [3.05, 3.63) is 68.7 Å². The molecule has 0 aliphatic heterocycles. The summed E-state index contributed by atoms with van der Waals surface area (Å²) in [5.74, 6) is 0.117. The van der Waals surface area contributed by atoms with Gasteiger partial charge in [-0.05, 0) is 60.7 Å². The molecule has 2 N–H and O–H groups in total. The quantitative estimate of drug-likeness (QED) is 0.563. The zero-order chi connectivity index (χ0) is 20.5. The minimum atomic E-state index is -0.642. The Labute approximate surface area is 184 Å². The van der Waals surface area contributed by atoms with Crippen molar-refractivity contribution >= 4 is 58.4 Å². The summed E-state index contributed by atoms with van der Waals surface area (Å²) in [7, 11) is 0. The summed E-state index contributed by atoms with van der Waals surface area (Å²) >= 11 is 19.5. The van der Waals surface area contributed by atoms with Gasteiger partial charge in [0.05, 0.1) is 10.6 Å². The molecular weight excluding hydrogens is 439 g/mol. The molecule has 1 unspecified atom stereocenters. The lowest BCUT2D eigenvalue weighted by Gasteiger charge is -2.18. The maximum atomic E-state index is 12.6. The topological polar surface area (TPSA) is 58.2 Å². The molecule has 1 atom stereocenters. The van der Waals surface area contributed by atoms with Crippen LogP contribution in [0.1, 0.15) is 22.3 Å². The Morgan fingerprint density at radius 2 is 1.71 bits per heavy atom. The molecule has 0 aliphatic carbocycles. The highest BCUT2D eigenvalue weighted by atomic mass is 35.5. The van der Waals surface area contributed by atoms with Crippen molar-refractivity contribution in [3.8, 4) is 0 Å². The predicted octanol–water partition coefficient (Wildman–Crippen LogP) is 4.86. The van der Waals surface area contributed by atoms with Crippen molar-refractivity contribution in [2.75, 3.05) is 18.6 Å². The molecule has 28 heavy (non-hydrogen) atoms. The van der Waals surface area contributed by atoms with Crippen molar-refractivity contribution < 1.29 is 9.59 Å². The number of benzene rings is 2. The van der Waals surface area contributed by atoms with Crippen LogP contribution in [0, 0.1) is 0 Å². The largest absolute Gasteiger partial charge is 0.354 e. The Morgan fingerprint density at radius 3 is 2.36 bits per heavy atom. The van der Waals surface area contributed by atoms with Crippen molar-refractivity contribution in [2.24, 2.45) is 0 Å². The lowest BCUT2D eigenvalue weighted by molar-refractivity contribution is -0.122. The van der Waals surface area contributed by atoms with E-state index in [1.165, 1.54) is 6.07 Å². The summed E-state index contributed by atoms with van der Waals surface area (Å²) < 4.78 is 0. The number of carbonyl (C=O) groups is 2. The molecule has 0 spiro atoms. The first kappa shape index (κ1) is 22.9. The molecule has 0 bridgehead atoms. The number of carbonyl (C=O) groups excluding carboxylic acids is 2. The third kappa shape index (κ3) is 7.21. The van der Waals surface area contributed by atoms with Gasteiger partial charge in [0.2, 0.25) is 5.91 Å². The molecular formula is C20H21Cl3N2O2S. The van der Waals surface area contributed by atoms with E-state index in [0.717, 1.165) is 11.3 Å². The normalized spacial score (nSPS) is 11.7. The molecule has 0 aromatic heterocycles. The Bertz CT molecular complexity index is 816. The third-order valence-electron chi connectivity index (χ3n) is 4.03. The number of hydrogen-bond donors (Lipinski definition) is 2. The summed E-state index contributed by atoms with van der Waals surface area (Å²) in [5, 5.41) is 7.03. The standard InChI is InChI=1S/C20H21Cl3N2O2S/c1-28-11-9-18(25-19(26)16-7-6-15(22)12-17(16)23)20(27)24-10-8-13-2-4-14(21)5-3-13/h2-7,12,18H,8-11H2,1H3,(H,24,27)(H,25,26). The highest BCUT2D eigenvalue weighted by Gasteiger charge is 2.22. The average Bonchev–Trinajstić information content (AvgIpc) is 2.66. The summed E-state index contributed by atoms with van der Waals surface area (Å²) in [4.78, 5) is 25.1. The van der Waals surface area contributed by atoms with Gasteiger partial charge in [-0.2, -0.15) is 11.8 Å². The van der Waals surface area contributed by atoms with Crippen molar-refractivity contribution in [1.82, 2.24) is 10.6 Å². The van der Waals surface area contributed by atoms with E-state index in [2.05, 4.69) is 10.6 Å². The molecule has 0 radical (unpaired) electrons. The highest BCUT2D eigenvalue weighted by molar-refractivity contribution is 7.98. The van der Waals surface area contributed by atoms with E-state index in [1.807, 2.05) is 30.5 Å². The molecule has 8 heteroatoms. The van der Waals surface area contributed by atoms with Gasteiger partial charge in [-0.3, -0.25) is 9.59 Å². The van der Waals surface area contributed by atoms with Crippen molar-refractivity contribution in [3.63, 3.8) is 0 Å². The van der Waals surface area contributed by atoms with Gasteiger partial charge in [0, 0.05) is 16.6 Å². The van der Waals surface area contributed by atoms with Crippen LogP contribution in [-0.2, 0) is 11.2 Å². The maximum absolute atomic E-state index is 12.6. The predicted molar refractivity (Wildman–Crippen MR) is 119 cm³/mol. The molecule has 0 saturated carbocycles. The fourth-order valence-electron chi connectivity index (χ4n) is 2.52. The summed E-state index contributed by atoms with van der Waals surface area (Å²) in [6.45, 7) is 0.466. The van der Waals surface area contributed by atoms with Crippen LogP contribution in [0.15, 0.2) is 42.5 Å². The molecule has 150 valence electrons. The van der Waals surface area contributed by atoms with Crippen LogP contribution in [0.25, 0.3) is 0 Å². The van der Waals surface area contributed by atoms with E-state index in [-0.39, 0.29) is 16.5 Å². The van der Waals surface area contributed by atoms with E-state index in [0.29, 0.717) is 29.4 Å². The van der Waals surface area contributed by atoms with Crippen LogP contribution in [0.4, 0.5) is 0 Å². The van der Waals surface area contributed by atoms with E-state index in [1.54, 1.807) is 23.9 Å². The Kier molecular flexibility index (Phi) is 9.45. The number of nitrogens with one attached hydrogen (secondary N) is 2. The molecule has 0 heterocycles. The number of rotatable bonds is 9. The van der Waals surface area contributed by atoms with E-state index in [4.69, 9.17) is 34.8 Å². The van der Waals surface area contributed by atoms with Gasteiger partial charge in [-0.15, -0.1) is 0 Å². The third-order valence-corrected chi connectivity index (χ3v) is 5.48. The molecule has 2 aromatic rings. The second-order valence-electron chi connectivity index (χ2n) is 6.10. The lowest BCUT2D eigenvalue weighted by Crippen LogP contribution is -2.47. The van der Waals surface area contributed by atoms with Gasteiger partial charge in [-0.25, -0.2) is 0 Å². The van der Waals surface area contributed by atoms with Crippen molar-refractivity contribution in [2.45, 2.75) is 18.9 Å². The Hall–Kier alpha value is -1.40. The molecule has 2 rings (SSSR count). The van der Waals surface area contributed by atoms with Gasteiger partial charge in [0.1, 0.15) is 6.04 Å². The first-order chi connectivity index (χ1) is 13.4. The van der Waals surface area contributed by atoms with Gasteiger partial charge >= 0.3 is 0 Å². The second-order valence-corrected chi connectivity index (χ2v) is 8.36. The van der Waals surface area contributed by atoms with Gasteiger partial charge < -0.3 is 10.6 Å². The van der Waals surface area contributed by atoms with Crippen LogP contribution in [0.2, 0.25) is 15.1 Å². The summed E-state index contributed by atoms with van der Waals surface area (Å²) in [5.41, 5.74) is 1.36. The lowest BCUT2D eigenvalue weighted by atomic mass is 10.1. The fourth-order valence-corrected chi connectivity index (χ4v) is 3.61. The number of amides is 2. The maximum Gasteiger partial charge on any atom is 0.253 e. The van der Waals surface area contributed by atoms with E-state index in [9.17, 15) is 9.59 Å². The van der Waals surface area contributed by atoms with Crippen LogP contribution < -0.4 is 10.6 Å².